The van der Waals surface area contributed by atoms with E-state index in [2.05, 4.69) is 39.2 Å². The van der Waals surface area contributed by atoms with Gasteiger partial charge in [0.15, 0.2) is 5.82 Å². The van der Waals surface area contributed by atoms with Crippen LogP contribution >= 0.6 is 0 Å². The second kappa shape index (κ2) is 5.13. The van der Waals surface area contributed by atoms with Crippen LogP contribution in [0.3, 0.4) is 0 Å². The maximum atomic E-state index is 4.51. The molecular weight excluding hydrogens is 240 g/mol. The van der Waals surface area contributed by atoms with Crippen molar-refractivity contribution in [2.24, 2.45) is 0 Å². The van der Waals surface area contributed by atoms with Crippen LogP contribution in [-0.2, 0) is 0 Å². The van der Waals surface area contributed by atoms with Crippen LogP contribution in [0.15, 0.2) is 18.7 Å². The van der Waals surface area contributed by atoms with Crippen molar-refractivity contribution in [2.45, 2.75) is 38.8 Å². The van der Waals surface area contributed by atoms with Crippen molar-refractivity contribution in [3.8, 4) is 0 Å². The lowest BCUT2D eigenvalue weighted by atomic mass is 10.2. The molecule has 2 aromatic rings. The summed E-state index contributed by atoms with van der Waals surface area (Å²) in [5, 5.41) is 11.7. The van der Waals surface area contributed by atoms with Crippen LogP contribution < -0.4 is 10.2 Å². The highest BCUT2D eigenvalue weighted by atomic mass is 15.3. The van der Waals surface area contributed by atoms with Gasteiger partial charge in [0.05, 0.1) is 0 Å². The molecule has 1 unspecified atom stereocenters. The van der Waals surface area contributed by atoms with Crippen LogP contribution in [0.25, 0.3) is 5.65 Å². The van der Waals surface area contributed by atoms with Gasteiger partial charge in [-0.1, -0.05) is 13.8 Å². The fraction of sp³-hybridized carbons (Fsp3) is 0.615. The lowest BCUT2D eigenvalue weighted by Gasteiger charge is -2.26. The standard InChI is InChI=1S/C13H20N6/c1-10(2)15-8-11-4-3-6-19(11)12-13-17-16-9-18(13)7-5-14-12/h5,7,9-11,15H,3-4,6,8H2,1-2H3. The molecule has 2 aromatic heterocycles. The van der Waals surface area contributed by atoms with Gasteiger partial charge >= 0.3 is 0 Å². The maximum absolute atomic E-state index is 4.51. The van der Waals surface area contributed by atoms with Crippen molar-refractivity contribution in [1.29, 1.82) is 0 Å². The van der Waals surface area contributed by atoms with Crippen molar-refractivity contribution in [3.63, 3.8) is 0 Å². The van der Waals surface area contributed by atoms with Crippen molar-refractivity contribution in [3.05, 3.63) is 18.7 Å². The van der Waals surface area contributed by atoms with Crippen LogP contribution in [0.1, 0.15) is 26.7 Å². The van der Waals surface area contributed by atoms with Crippen LogP contribution in [0, 0.1) is 0 Å². The molecule has 19 heavy (non-hydrogen) atoms. The number of rotatable bonds is 4. The fourth-order valence-electron chi connectivity index (χ4n) is 2.65. The number of anilines is 1. The number of aromatic nitrogens is 4. The summed E-state index contributed by atoms with van der Waals surface area (Å²) in [5.41, 5.74) is 0.846. The molecule has 0 bridgehead atoms. The third kappa shape index (κ3) is 2.40. The fourth-order valence-corrected chi connectivity index (χ4v) is 2.65. The van der Waals surface area contributed by atoms with E-state index in [4.69, 9.17) is 0 Å². The molecule has 0 saturated carbocycles. The summed E-state index contributed by atoms with van der Waals surface area (Å²) in [7, 11) is 0. The predicted molar refractivity (Wildman–Crippen MR) is 74.3 cm³/mol. The average Bonchev–Trinajstić information content (AvgIpc) is 3.04. The number of nitrogens with zero attached hydrogens (tertiary/aromatic N) is 5. The molecule has 6 heteroatoms. The summed E-state index contributed by atoms with van der Waals surface area (Å²) in [6.45, 7) is 6.39. The zero-order chi connectivity index (χ0) is 13.2. The van der Waals surface area contributed by atoms with Crippen molar-refractivity contribution >= 4 is 11.5 Å². The zero-order valence-electron chi connectivity index (χ0n) is 11.5. The summed E-state index contributed by atoms with van der Waals surface area (Å²) in [6.07, 6.45) is 7.84. The first kappa shape index (κ1) is 12.3. The largest absolute Gasteiger partial charge is 0.349 e. The lowest BCUT2D eigenvalue weighted by molar-refractivity contribution is 0.522. The minimum atomic E-state index is 0.498. The Kier molecular flexibility index (Phi) is 3.33. The molecule has 1 aliphatic heterocycles. The van der Waals surface area contributed by atoms with E-state index in [-0.39, 0.29) is 0 Å². The molecule has 0 spiro atoms. The quantitative estimate of drug-likeness (QED) is 0.892. The minimum absolute atomic E-state index is 0.498. The molecular formula is C13H20N6. The van der Waals surface area contributed by atoms with E-state index < -0.39 is 0 Å². The summed E-state index contributed by atoms with van der Waals surface area (Å²) < 4.78 is 1.92. The predicted octanol–water partition coefficient (Wildman–Crippen LogP) is 1.09. The monoisotopic (exact) mass is 260 g/mol. The molecule has 0 aliphatic carbocycles. The van der Waals surface area contributed by atoms with Crippen LogP contribution in [-0.4, -0.2) is 44.8 Å². The summed E-state index contributed by atoms with van der Waals surface area (Å²) in [6, 6.07) is 1.01. The first-order valence-electron chi connectivity index (χ1n) is 6.90. The second-order valence-electron chi connectivity index (χ2n) is 5.37. The molecule has 1 fully saturated rings. The first-order valence-corrected chi connectivity index (χ1v) is 6.90. The van der Waals surface area contributed by atoms with Gasteiger partial charge in [-0.2, -0.15) is 0 Å². The Morgan fingerprint density at radius 3 is 3.21 bits per heavy atom. The van der Waals surface area contributed by atoms with Gasteiger partial charge in [-0.15, -0.1) is 10.2 Å². The number of fused-ring (bicyclic) bond motifs is 1. The highest BCUT2D eigenvalue weighted by Gasteiger charge is 2.27. The number of nitrogens with one attached hydrogen (secondary N) is 1. The highest BCUT2D eigenvalue weighted by Crippen LogP contribution is 2.25. The van der Waals surface area contributed by atoms with Gasteiger partial charge in [0, 0.05) is 37.6 Å². The van der Waals surface area contributed by atoms with E-state index in [1.807, 2.05) is 16.8 Å². The second-order valence-corrected chi connectivity index (χ2v) is 5.37. The Bertz CT molecular complexity index is 549. The molecule has 3 rings (SSSR count). The van der Waals surface area contributed by atoms with Gasteiger partial charge in [0.1, 0.15) is 6.33 Å². The Hall–Kier alpha value is -1.69. The Morgan fingerprint density at radius 1 is 1.47 bits per heavy atom. The molecule has 6 nitrogen and oxygen atoms in total. The van der Waals surface area contributed by atoms with Gasteiger partial charge in [-0.3, -0.25) is 4.40 Å². The zero-order valence-corrected chi connectivity index (χ0v) is 11.5. The van der Waals surface area contributed by atoms with E-state index in [0.717, 1.165) is 24.6 Å². The molecule has 1 aliphatic rings. The van der Waals surface area contributed by atoms with Crippen LogP contribution in [0.2, 0.25) is 0 Å². The van der Waals surface area contributed by atoms with E-state index >= 15 is 0 Å². The molecule has 0 aromatic carbocycles. The topological polar surface area (TPSA) is 58.4 Å². The Labute approximate surface area is 112 Å². The van der Waals surface area contributed by atoms with Crippen molar-refractivity contribution in [2.75, 3.05) is 18.0 Å². The molecule has 3 heterocycles. The molecule has 102 valence electrons. The molecule has 0 amide bonds. The minimum Gasteiger partial charge on any atom is -0.349 e. The molecule has 1 saturated heterocycles. The maximum Gasteiger partial charge on any atom is 0.203 e. The molecule has 1 atom stereocenters. The van der Waals surface area contributed by atoms with Gasteiger partial charge in [0.25, 0.3) is 0 Å². The normalized spacial score (nSPS) is 19.7. The third-order valence-corrected chi connectivity index (χ3v) is 3.61. The summed E-state index contributed by atoms with van der Waals surface area (Å²) >= 11 is 0. The number of hydrogen-bond acceptors (Lipinski definition) is 5. The van der Waals surface area contributed by atoms with E-state index in [9.17, 15) is 0 Å². The Morgan fingerprint density at radius 2 is 2.37 bits per heavy atom. The summed E-state index contributed by atoms with van der Waals surface area (Å²) in [5.74, 6) is 0.952. The highest BCUT2D eigenvalue weighted by molar-refractivity contribution is 5.64. The van der Waals surface area contributed by atoms with Gasteiger partial charge < -0.3 is 10.2 Å². The van der Waals surface area contributed by atoms with Crippen LogP contribution in [0.4, 0.5) is 5.82 Å². The lowest BCUT2D eigenvalue weighted by Crippen LogP contribution is -2.40. The van der Waals surface area contributed by atoms with Crippen molar-refractivity contribution < 1.29 is 0 Å². The van der Waals surface area contributed by atoms with Crippen LogP contribution in [0.5, 0.6) is 0 Å². The van der Waals surface area contributed by atoms with E-state index in [1.165, 1.54) is 12.8 Å². The molecule has 0 radical (unpaired) electrons. The van der Waals surface area contributed by atoms with E-state index in [1.54, 1.807) is 6.33 Å². The Balaban J connectivity index is 1.85. The molecule has 1 N–H and O–H groups in total. The SMILES string of the molecule is CC(C)NCC1CCCN1c1nccn2cnnc12. The first-order chi connectivity index (χ1) is 9.25. The third-order valence-electron chi connectivity index (χ3n) is 3.61. The summed E-state index contributed by atoms with van der Waals surface area (Å²) in [4.78, 5) is 6.87. The smallest absolute Gasteiger partial charge is 0.203 e. The van der Waals surface area contributed by atoms with Gasteiger partial charge in [0.2, 0.25) is 5.65 Å². The van der Waals surface area contributed by atoms with Gasteiger partial charge in [-0.05, 0) is 12.8 Å². The van der Waals surface area contributed by atoms with Gasteiger partial charge in [-0.25, -0.2) is 4.98 Å². The van der Waals surface area contributed by atoms with E-state index in [0.29, 0.717) is 12.1 Å². The van der Waals surface area contributed by atoms with Crippen molar-refractivity contribution in [1.82, 2.24) is 24.9 Å². The number of hydrogen-bond donors (Lipinski definition) is 1. The average molecular weight is 260 g/mol.